The highest BCUT2D eigenvalue weighted by atomic mass is 35.5. The minimum Gasteiger partial charge on any atom is -0.497 e. The van der Waals surface area contributed by atoms with Gasteiger partial charge in [0.1, 0.15) is 5.75 Å². The lowest BCUT2D eigenvalue weighted by Gasteiger charge is -2.31. The average Bonchev–Trinajstić information content (AvgIpc) is 3.05. The Morgan fingerprint density at radius 2 is 1.62 bits per heavy atom. The van der Waals surface area contributed by atoms with Crippen molar-refractivity contribution in [2.45, 2.75) is 52.0 Å². The number of benzene rings is 2. The molecule has 34 heavy (non-hydrogen) atoms. The second-order valence-corrected chi connectivity index (χ2v) is 9.52. The Balaban J connectivity index is 0.00000324. The Bertz CT molecular complexity index is 968. The molecule has 1 fully saturated rings. The number of rotatable bonds is 7. The first-order valence-electron chi connectivity index (χ1n) is 12.3. The van der Waals surface area contributed by atoms with E-state index in [1.165, 1.54) is 16.7 Å². The van der Waals surface area contributed by atoms with Crippen LogP contribution in [0.1, 0.15) is 59.7 Å². The van der Waals surface area contributed by atoms with E-state index in [2.05, 4.69) is 29.2 Å². The summed E-state index contributed by atoms with van der Waals surface area (Å²) in [5.74, 6) is 1.86. The summed E-state index contributed by atoms with van der Waals surface area (Å²) in [4.78, 5) is 28.8. The molecule has 4 rings (SSSR count). The minimum absolute atomic E-state index is 0. The highest BCUT2D eigenvalue weighted by Crippen LogP contribution is 2.25. The summed E-state index contributed by atoms with van der Waals surface area (Å²) in [5.41, 5.74) is 4.86. The second kappa shape index (κ2) is 12.4. The van der Waals surface area contributed by atoms with E-state index < -0.39 is 0 Å². The van der Waals surface area contributed by atoms with E-state index in [0.29, 0.717) is 12.3 Å². The number of hydrogen-bond acceptors (Lipinski definition) is 4. The number of amides is 1. The van der Waals surface area contributed by atoms with Crippen molar-refractivity contribution in [2.24, 2.45) is 5.92 Å². The monoisotopic (exact) mass is 484 g/mol. The predicted octanol–water partition coefficient (Wildman–Crippen LogP) is 4.94. The number of carbonyl (C=O) groups is 2. The number of Topliss-reactive ketones (excluding diaryl/α,β-unsaturated/α-hetero) is 1. The number of nitrogens with zero attached hydrogens (tertiary/aromatic N) is 2. The molecule has 2 heterocycles. The van der Waals surface area contributed by atoms with Crippen LogP contribution in [0, 0.1) is 5.92 Å². The van der Waals surface area contributed by atoms with Crippen molar-refractivity contribution in [3.63, 3.8) is 0 Å². The summed E-state index contributed by atoms with van der Waals surface area (Å²) < 4.78 is 5.26. The van der Waals surface area contributed by atoms with Crippen LogP contribution in [-0.2, 0) is 24.2 Å². The molecule has 184 valence electrons. The van der Waals surface area contributed by atoms with E-state index >= 15 is 0 Å². The molecule has 1 amide bonds. The van der Waals surface area contributed by atoms with Gasteiger partial charge in [-0.15, -0.1) is 12.4 Å². The number of hydrogen-bond donors (Lipinski definition) is 0. The third-order valence-electron chi connectivity index (χ3n) is 7.33. The van der Waals surface area contributed by atoms with Gasteiger partial charge in [-0.2, -0.15) is 0 Å². The SMILES string of the molecule is COc1ccc(CN2CCc3ccc(C(=O)CCC4CCN(C(C)=O)CC4)cc3CC2)cc1.Cl. The molecule has 2 aromatic rings. The molecule has 0 radical (unpaired) electrons. The van der Waals surface area contributed by atoms with Gasteiger partial charge in [0.05, 0.1) is 7.11 Å². The molecule has 0 atom stereocenters. The van der Waals surface area contributed by atoms with E-state index in [9.17, 15) is 9.59 Å². The summed E-state index contributed by atoms with van der Waals surface area (Å²) in [7, 11) is 1.69. The van der Waals surface area contributed by atoms with Gasteiger partial charge < -0.3 is 9.64 Å². The number of carbonyl (C=O) groups excluding carboxylic acids is 2. The van der Waals surface area contributed by atoms with Gasteiger partial charge in [-0.3, -0.25) is 14.5 Å². The zero-order valence-electron chi connectivity index (χ0n) is 20.4. The maximum Gasteiger partial charge on any atom is 0.219 e. The number of halogens is 1. The van der Waals surface area contributed by atoms with Crippen molar-refractivity contribution in [3.8, 4) is 5.75 Å². The van der Waals surface area contributed by atoms with Crippen LogP contribution >= 0.6 is 12.4 Å². The minimum atomic E-state index is 0. The summed E-state index contributed by atoms with van der Waals surface area (Å²) in [6.45, 7) is 6.28. The van der Waals surface area contributed by atoms with Gasteiger partial charge in [-0.05, 0) is 72.9 Å². The molecule has 0 unspecified atom stereocenters. The zero-order chi connectivity index (χ0) is 23.2. The zero-order valence-corrected chi connectivity index (χ0v) is 21.2. The Hall–Kier alpha value is -2.37. The maximum absolute atomic E-state index is 12.9. The molecule has 6 heteroatoms. The molecule has 5 nitrogen and oxygen atoms in total. The van der Waals surface area contributed by atoms with Crippen LogP contribution in [0.2, 0.25) is 0 Å². The molecule has 2 aliphatic heterocycles. The van der Waals surface area contributed by atoms with E-state index in [0.717, 1.165) is 76.1 Å². The van der Waals surface area contributed by atoms with Crippen molar-refractivity contribution in [3.05, 3.63) is 64.7 Å². The molecular weight excluding hydrogens is 448 g/mol. The quantitative estimate of drug-likeness (QED) is 0.522. The Morgan fingerprint density at radius 3 is 2.26 bits per heavy atom. The van der Waals surface area contributed by atoms with Gasteiger partial charge in [-0.25, -0.2) is 0 Å². The molecule has 2 aromatic carbocycles. The molecule has 0 bridgehead atoms. The van der Waals surface area contributed by atoms with Gasteiger partial charge >= 0.3 is 0 Å². The second-order valence-electron chi connectivity index (χ2n) is 9.52. The summed E-state index contributed by atoms with van der Waals surface area (Å²) in [6, 6.07) is 14.7. The van der Waals surface area contributed by atoms with E-state index in [1.54, 1.807) is 14.0 Å². The van der Waals surface area contributed by atoms with Crippen LogP contribution in [0.4, 0.5) is 0 Å². The van der Waals surface area contributed by atoms with Gasteiger partial charge in [0.2, 0.25) is 5.91 Å². The first-order valence-corrected chi connectivity index (χ1v) is 12.3. The number of ether oxygens (including phenoxy) is 1. The summed E-state index contributed by atoms with van der Waals surface area (Å²) in [5, 5.41) is 0. The molecule has 2 aliphatic rings. The van der Waals surface area contributed by atoms with Crippen LogP contribution in [0.25, 0.3) is 0 Å². The van der Waals surface area contributed by atoms with Crippen molar-refractivity contribution in [1.82, 2.24) is 9.80 Å². The average molecular weight is 485 g/mol. The first-order chi connectivity index (χ1) is 16.0. The fourth-order valence-corrected chi connectivity index (χ4v) is 5.11. The first kappa shape index (κ1) is 26.2. The third kappa shape index (κ3) is 6.83. The fraction of sp³-hybridized carbons (Fsp3) is 0.500. The van der Waals surface area contributed by atoms with Crippen LogP contribution in [0.15, 0.2) is 42.5 Å². The molecule has 0 spiro atoms. The van der Waals surface area contributed by atoms with Crippen molar-refractivity contribution >= 4 is 24.1 Å². The largest absolute Gasteiger partial charge is 0.497 e. The van der Waals surface area contributed by atoms with Crippen molar-refractivity contribution in [1.29, 1.82) is 0 Å². The lowest BCUT2D eigenvalue weighted by molar-refractivity contribution is -0.130. The Kier molecular flexibility index (Phi) is 9.54. The normalized spacial score (nSPS) is 16.8. The standard InChI is InChI=1S/C28H36N2O3.ClH/c1-21(31)30-17-11-22(12-18-30)5-10-28(32)26-7-6-24-13-15-29(16-14-25(24)19-26)20-23-3-8-27(33-2)9-4-23;/h3-4,6-9,19,22H,5,10-18,20H2,1-2H3;1H. The highest BCUT2D eigenvalue weighted by Gasteiger charge is 2.22. The molecule has 0 aromatic heterocycles. The smallest absolute Gasteiger partial charge is 0.219 e. The highest BCUT2D eigenvalue weighted by molar-refractivity contribution is 5.96. The van der Waals surface area contributed by atoms with Gasteiger partial charge in [0, 0.05) is 51.6 Å². The number of methoxy groups -OCH3 is 1. The van der Waals surface area contributed by atoms with Crippen LogP contribution in [0.3, 0.4) is 0 Å². The maximum atomic E-state index is 12.9. The summed E-state index contributed by atoms with van der Waals surface area (Å²) in [6.07, 6.45) is 5.57. The van der Waals surface area contributed by atoms with E-state index in [-0.39, 0.29) is 24.1 Å². The van der Waals surface area contributed by atoms with Gasteiger partial charge in [0.25, 0.3) is 0 Å². The van der Waals surface area contributed by atoms with Crippen molar-refractivity contribution < 1.29 is 14.3 Å². The number of likely N-dealkylation sites (tertiary alicyclic amines) is 1. The van der Waals surface area contributed by atoms with Crippen LogP contribution in [0.5, 0.6) is 5.75 Å². The number of piperidine rings is 1. The van der Waals surface area contributed by atoms with Gasteiger partial charge in [-0.1, -0.05) is 24.3 Å². The van der Waals surface area contributed by atoms with Crippen LogP contribution in [-0.4, -0.2) is 54.8 Å². The lowest BCUT2D eigenvalue weighted by Crippen LogP contribution is -2.37. The number of ketones is 1. The fourth-order valence-electron chi connectivity index (χ4n) is 5.11. The van der Waals surface area contributed by atoms with Crippen LogP contribution < -0.4 is 4.74 Å². The molecule has 0 N–H and O–H groups in total. The lowest BCUT2D eigenvalue weighted by atomic mass is 9.89. The predicted molar refractivity (Wildman–Crippen MR) is 138 cm³/mol. The molecular formula is C28H37ClN2O3. The Morgan fingerprint density at radius 1 is 0.941 bits per heavy atom. The van der Waals surface area contributed by atoms with E-state index in [4.69, 9.17) is 4.74 Å². The van der Waals surface area contributed by atoms with Crippen molar-refractivity contribution in [2.75, 3.05) is 33.3 Å². The molecule has 0 saturated carbocycles. The summed E-state index contributed by atoms with van der Waals surface area (Å²) >= 11 is 0. The number of fused-ring (bicyclic) bond motifs is 1. The van der Waals surface area contributed by atoms with Gasteiger partial charge in [0.15, 0.2) is 5.78 Å². The Labute approximate surface area is 209 Å². The van der Waals surface area contributed by atoms with E-state index in [1.807, 2.05) is 23.1 Å². The third-order valence-corrected chi connectivity index (χ3v) is 7.33. The molecule has 1 saturated heterocycles. The molecule has 0 aliphatic carbocycles. The topological polar surface area (TPSA) is 49.9 Å².